The number of pyridine rings is 1. The number of hydrogen-bond donors (Lipinski definition) is 1. The van der Waals surface area contributed by atoms with Gasteiger partial charge in [0.15, 0.2) is 6.10 Å². The molecular weight excluding hydrogens is 356 g/mol. The van der Waals surface area contributed by atoms with E-state index in [0.29, 0.717) is 22.9 Å². The van der Waals surface area contributed by atoms with E-state index in [9.17, 15) is 9.90 Å². The maximum Gasteiger partial charge on any atom is 0.268 e. The summed E-state index contributed by atoms with van der Waals surface area (Å²) in [7, 11) is 1.59. The van der Waals surface area contributed by atoms with Crippen molar-refractivity contribution in [1.82, 2.24) is 4.98 Å². The molecule has 144 valence electrons. The van der Waals surface area contributed by atoms with Crippen LogP contribution in [0.1, 0.15) is 12.6 Å². The molecule has 3 aromatic rings. The minimum absolute atomic E-state index is 0.0171. The number of para-hydroxylation sites is 2. The fourth-order valence-corrected chi connectivity index (χ4v) is 2.76. The Balaban J connectivity index is 1.83. The maximum absolute atomic E-state index is 13.2. The van der Waals surface area contributed by atoms with E-state index in [4.69, 9.17) is 9.47 Å². The minimum Gasteiger partial charge on any atom is -0.506 e. The SMILES string of the molecule is COc1ccc(OC(C)C(=O)N(Cc2ccccn2)c2ccccc2O)cc1. The van der Waals surface area contributed by atoms with Gasteiger partial charge < -0.3 is 14.6 Å². The van der Waals surface area contributed by atoms with Crippen LogP contribution in [0.15, 0.2) is 72.9 Å². The highest BCUT2D eigenvalue weighted by atomic mass is 16.5. The monoisotopic (exact) mass is 378 g/mol. The Bertz CT molecular complexity index is 913. The first-order valence-electron chi connectivity index (χ1n) is 8.88. The van der Waals surface area contributed by atoms with Gasteiger partial charge in [-0.3, -0.25) is 14.7 Å². The van der Waals surface area contributed by atoms with Gasteiger partial charge in [0.05, 0.1) is 25.0 Å². The predicted octanol–water partition coefficient (Wildman–Crippen LogP) is 3.80. The Labute approximate surface area is 164 Å². The van der Waals surface area contributed by atoms with Crippen LogP contribution in [0, 0.1) is 0 Å². The summed E-state index contributed by atoms with van der Waals surface area (Å²) in [4.78, 5) is 18.9. The lowest BCUT2D eigenvalue weighted by Crippen LogP contribution is -2.40. The van der Waals surface area contributed by atoms with Crippen molar-refractivity contribution in [2.75, 3.05) is 12.0 Å². The Hall–Kier alpha value is -3.54. The topological polar surface area (TPSA) is 71.9 Å². The maximum atomic E-state index is 13.2. The lowest BCUT2D eigenvalue weighted by molar-refractivity contribution is -0.124. The van der Waals surface area contributed by atoms with Crippen LogP contribution in [0.3, 0.4) is 0 Å². The summed E-state index contributed by atoms with van der Waals surface area (Å²) in [6.45, 7) is 1.89. The zero-order valence-corrected chi connectivity index (χ0v) is 15.8. The summed E-state index contributed by atoms with van der Waals surface area (Å²) in [5.41, 5.74) is 1.11. The highest BCUT2D eigenvalue weighted by Gasteiger charge is 2.26. The molecule has 2 aromatic carbocycles. The van der Waals surface area contributed by atoms with E-state index >= 15 is 0 Å². The van der Waals surface area contributed by atoms with Crippen LogP contribution in [0.2, 0.25) is 0 Å². The van der Waals surface area contributed by atoms with E-state index in [1.807, 2.05) is 18.2 Å². The summed E-state index contributed by atoms with van der Waals surface area (Å²) in [6.07, 6.45) is 0.900. The molecule has 0 aliphatic carbocycles. The Kier molecular flexibility index (Phi) is 6.11. The van der Waals surface area contributed by atoms with Crippen LogP contribution in [0.5, 0.6) is 17.2 Å². The third-order valence-electron chi connectivity index (χ3n) is 4.20. The third-order valence-corrected chi connectivity index (χ3v) is 4.20. The van der Waals surface area contributed by atoms with E-state index in [2.05, 4.69) is 4.98 Å². The number of ether oxygens (including phenoxy) is 2. The first-order valence-corrected chi connectivity index (χ1v) is 8.88. The van der Waals surface area contributed by atoms with Crippen LogP contribution in [0.4, 0.5) is 5.69 Å². The van der Waals surface area contributed by atoms with Gasteiger partial charge in [-0.05, 0) is 55.5 Å². The number of hydrogen-bond acceptors (Lipinski definition) is 5. The van der Waals surface area contributed by atoms with Crippen LogP contribution < -0.4 is 14.4 Å². The Morgan fingerprint density at radius 1 is 1.04 bits per heavy atom. The molecule has 1 atom stereocenters. The van der Waals surface area contributed by atoms with E-state index in [1.54, 1.807) is 68.8 Å². The second-order valence-electron chi connectivity index (χ2n) is 6.17. The van der Waals surface area contributed by atoms with Gasteiger partial charge in [-0.1, -0.05) is 18.2 Å². The van der Waals surface area contributed by atoms with Crippen molar-refractivity contribution >= 4 is 11.6 Å². The average molecular weight is 378 g/mol. The van der Waals surface area contributed by atoms with Gasteiger partial charge in [-0.15, -0.1) is 0 Å². The second-order valence-corrected chi connectivity index (χ2v) is 6.17. The van der Waals surface area contributed by atoms with Gasteiger partial charge in [0.25, 0.3) is 5.91 Å². The summed E-state index contributed by atoms with van der Waals surface area (Å²) >= 11 is 0. The summed E-state index contributed by atoms with van der Waals surface area (Å²) in [5.74, 6) is 0.987. The fourth-order valence-electron chi connectivity index (χ4n) is 2.76. The van der Waals surface area contributed by atoms with Crippen LogP contribution in [0.25, 0.3) is 0 Å². The van der Waals surface area contributed by atoms with Gasteiger partial charge in [0.2, 0.25) is 0 Å². The summed E-state index contributed by atoms with van der Waals surface area (Å²) in [6, 6.07) is 19.2. The molecule has 1 N–H and O–H groups in total. The van der Waals surface area contributed by atoms with E-state index in [1.165, 1.54) is 4.90 Å². The van der Waals surface area contributed by atoms with Crippen molar-refractivity contribution in [2.24, 2.45) is 0 Å². The Morgan fingerprint density at radius 3 is 2.36 bits per heavy atom. The molecule has 1 amide bonds. The molecule has 0 saturated heterocycles. The van der Waals surface area contributed by atoms with Crippen LogP contribution >= 0.6 is 0 Å². The lowest BCUT2D eigenvalue weighted by atomic mass is 10.2. The number of carbonyl (C=O) groups is 1. The van der Waals surface area contributed by atoms with Crippen molar-refractivity contribution in [2.45, 2.75) is 19.6 Å². The van der Waals surface area contributed by atoms with Crippen molar-refractivity contribution in [1.29, 1.82) is 0 Å². The highest BCUT2D eigenvalue weighted by molar-refractivity contribution is 5.97. The number of carbonyl (C=O) groups excluding carboxylic acids is 1. The molecule has 0 saturated carbocycles. The molecule has 1 heterocycles. The van der Waals surface area contributed by atoms with Crippen LogP contribution in [-0.4, -0.2) is 29.2 Å². The first kappa shape index (κ1) is 19.2. The Morgan fingerprint density at radius 2 is 1.71 bits per heavy atom. The molecule has 28 heavy (non-hydrogen) atoms. The van der Waals surface area contributed by atoms with Gasteiger partial charge in [0.1, 0.15) is 17.2 Å². The number of aromatic nitrogens is 1. The van der Waals surface area contributed by atoms with Gasteiger partial charge in [-0.25, -0.2) is 0 Å². The quantitative estimate of drug-likeness (QED) is 0.677. The molecule has 0 radical (unpaired) electrons. The van der Waals surface area contributed by atoms with Crippen LogP contribution in [-0.2, 0) is 11.3 Å². The van der Waals surface area contributed by atoms with Crippen molar-refractivity contribution in [3.63, 3.8) is 0 Å². The van der Waals surface area contributed by atoms with Crippen molar-refractivity contribution in [3.05, 3.63) is 78.6 Å². The molecule has 1 aromatic heterocycles. The molecule has 0 bridgehead atoms. The minimum atomic E-state index is -0.767. The number of aromatic hydroxyl groups is 1. The molecule has 6 heteroatoms. The smallest absolute Gasteiger partial charge is 0.268 e. The molecule has 0 aliphatic rings. The average Bonchev–Trinajstić information content (AvgIpc) is 2.73. The molecule has 0 fully saturated rings. The molecule has 0 aliphatic heterocycles. The largest absolute Gasteiger partial charge is 0.506 e. The number of phenols is 1. The van der Waals surface area contributed by atoms with Gasteiger partial charge in [-0.2, -0.15) is 0 Å². The van der Waals surface area contributed by atoms with Crippen molar-refractivity contribution < 1.29 is 19.4 Å². The predicted molar refractivity (Wildman–Crippen MR) is 107 cm³/mol. The zero-order valence-electron chi connectivity index (χ0n) is 15.8. The number of rotatable bonds is 7. The van der Waals surface area contributed by atoms with Gasteiger partial charge >= 0.3 is 0 Å². The fraction of sp³-hybridized carbons (Fsp3) is 0.182. The number of anilines is 1. The lowest BCUT2D eigenvalue weighted by Gasteiger charge is -2.26. The summed E-state index contributed by atoms with van der Waals surface area (Å²) < 4.78 is 10.9. The number of methoxy groups -OCH3 is 1. The molecule has 3 rings (SSSR count). The van der Waals surface area contributed by atoms with E-state index < -0.39 is 6.10 Å². The zero-order chi connectivity index (χ0) is 19.9. The number of benzene rings is 2. The number of phenolic OH excluding ortho intramolecular Hbond substituents is 1. The first-order chi connectivity index (χ1) is 13.6. The van der Waals surface area contributed by atoms with Crippen molar-refractivity contribution in [3.8, 4) is 17.2 Å². The molecular formula is C22H22N2O4. The third kappa shape index (κ3) is 4.59. The molecule has 1 unspecified atom stereocenters. The highest BCUT2D eigenvalue weighted by Crippen LogP contribution is 2.29. The summed E-state index contributed by atoms with van der Waals surface area (Å²) in [5, 5.41) is 10.3. The molecule has 6 nitrogen and oxygen atoms in total. The van der Waals surface area contributed by atoms with Gasteiger partial charge in [0, 0.05) is 6.20 Å². The molecule has 0 spiro atoms. The standard InChI is InChI=1S/C22H22N2O4/c1-16(28-19-12-10-18(27-2)11-13-19)22(26)24(15-17-7-5-6-14-23-17)20-8-3-4-9-21(20)25/h3-14,16,25H,15H2,1-2H3. The normalized spacial score (nSPS) is 11.5. The number of nitrogens with zero attached hydrogens (tertiary/aromatic N) is 2. The van der Waals surface area contributed by atoms with E-state index in [-0.39, 0.29) is 18.2 Å². The second kappa shape index (κ2) is 8.90. The van der Waals surface area contributed by atoms with E-state index in [0.717, 1.165) is 0 Å². The number of amides is 1.